The van der Waals surface area contributed by atoms with Crippen LogP contribution in [0.1, 0.15) is 15.9 Å². The number of carbonyl (C=O) groups is 2. The molecule has 0 spiro atoms. The molecule has 0 fully saturated rings. The van der Waals surface area contributed by atoms with Crippen LogP contribution in [0.15, 0.2) is 54.6 Å². The minimum atomic E-state index is -0.512. The van der Waals surface area contributed by atoms with E-state index in [0.29, 0.717) is 16.6 Å². The van der Waals surface area contributed by atoms with Crippen LogP contribution < -0.4 is 5.32 Å². The Morgan fingerprint density at radius 2 is 1.82 bits per heavy atom. The van der Waals surface area contributed by atoms with E-state index in [-0.39, 0.29) is 0 Å². The molecule has 3 rings (SSSR count). The lowest BCUT2D eigenvalue weighted by molar-refractivity contribution is -0.115. The van der Waals surface area contributed by atoms with Crippen molar-refractivity contribution in [1.29, 1.82) is 0 Å². The second-order valence-corrected chi connectivity index (χ2v) is 4.56. The predicted molar refractivity (Wildman–Crippen MR) is 81.8 cm³/mol. The van der Waals surface area contributed by atoms with Crippen molar-refractivity contribution in [2.75, 3.05) is 0 Å². The van der Waals surface area contributed by atoms with Crippen molar-refractivity contribution in [2.45, 2.75) is 0 Å². The fraction of sp³-hybridized carbons (Fsp3) is 0. The van der Waals surface area contributed by atoms with Gasteiger partial charge in [-0.15, -0.1) is 0 Å². The van der Waals surface area contributed by atoms with E-state index in [4.69, 9.17) is 0 Å². The van der Waals surface area contributed by atoms with Crippen LogP contribution in [-0.4, -0.2) is 27.2 Å². The minimum absolute atomic E-state index is 0.299. The first-order valence-corrected chi connectivity index (χ1v) is 6.62. The van der Waals surface area contributed by atoms with Gasteiger partial charge in [0.05, 0.1) is 5.56 Å². The number of amides is 2. The number of aromatic nitrogens is 3. The molecule has 22 heavy (non-hydrogen) atoms. The Kier molecular flexibility index (Phi) is 3.74. The normalized spacial score (nSPS) is 10.9. The third kappa shape index (κ3) is 2.90. The average molecular weight is 292 g/mol. The Labute approximate surface area is 125 Å². The van der Waals surface area contributed by atoms with E-state index < -0.39 is 11.8 Å². The molecule has 1 heterocycles. The average Bonchev–Trinajstić information content (AvgIpc) is 3.02. The highest BCUT2D eigenvalue weighted by atomic mass is 16.2. The van der Waals surface area contributed by atoms with Gasteiger partial charge in [-0.25, -0.2) is 0 Å². The highest BCUT2D eigenvalue weighted by Gasteiger charge is 2.14. The smallest absolute Gasteiger partial charge is 0.260 e. The summed E-state index contributed by atoms with van der Waals surface area (Å²) < 4.78 is 0. The van der Waals surface area contributed by atoms with Crippen LogP contribution in [0.2, 0.25) is 0 Å². The molecule has 6 nitrogen and oxygen atoms in total. The van der Waals surface area contributed by atoms with Gasteiger partial charge in [0.1, 0.15) is 11.0 Å². The number of aromatic amines is 1. The summed E-state index contributed by atoms with van der Waals surface area (Å²) in [5, 5.41) is 12.6. The maximum absolute atomic E-state index is 12.1. The summed E-state index contributed by atoms with van der Waals surface area (Å²) in [7, 11) is 0. The number of hydrogen-bond acceptors (Lipinski definition) is 4. The first kappa shape index (κ1) is 13.7. The molecule has 108 valence electrons. The molecule has 0 bridgehead atoms. The zero-order valence-corrected chi connectivity index (χ0v) is 11.5. The second-order valence-electron chi connectivity index (χ2n) is 4.56. The molecule has 0 saturated carbocycles. The lowest BCUT2D eigenvalue weighted by Crippen LogP contribution is -2.28. The molecule has 0 atom stereocenters. The Morgan fingerprint density at radius 3 is 2.64 bits per heavy atom. The second kappa shape index (κ2) is 6.01. The van der Waals surface area contributed by atoms with Crippen molar-refractivity contribution in [3.8, 4) is 0 Å². The van der Waals surface area contributed by atoms with E-state index in [2.05, 4.69) is 20.7 Å². The number of imide groups is 1. The Morgan fingerprint density at radius 1 is 1.00 bits per heavy atom. The summed E-state index contributed by atoms with van der Waals surface area (Å²) in [6.07, 6.45) is 2.95. The number of para-hydroxylation sites is 1. The third-order valence-corrected chi connectivity index (χ3v) is 3.06. The van der Waals surface area contributed by atoms with Gasteiger partial charge in [-0.3, -0.25) is 14.9 Å². The molecule has 6 heteroatoms. The van der Waals surface area contributed by atoms with Gasteiger partial charge in [-0.1, -0.05) is 36.4 Å². The van der Waals surface area contributed by atoms with E-state index in [1.165, 1.54) is 6.08 Å². The predicted octanol–water partition coefficient (Wildman–Crippen LogP) is 1.93. The molecular formula is C16H12N4O2. The van der Waals surface area contributed by atoms with Crippen molar-refractivity contribution >= 4 is 28.9 Å². The number of benzene rings is 2. The number of hydrogen-bond donors (Lipinski definition) is 2. The lowest BCUT2D eigenvalue weighted by Gasteiger charge is -2.01. The molecule has 0 saturated heterocycles. The largest absolute Gasteiger partial charge is 0.289 e. The van der Waals surface area contributed by atoms with Gasteiger partial charge in [0.15, 0.2) is 0 Å². The van der Waals surface area contributed by atoms with E-state index in [1.54, 1.807) is 24.3 Å². The Bertz CT molecular complexity index is 853. The van der Waals surface area contributed by atoms with Crippen molar-refractivity contribution in [3.63, 3.8) is 0 Å². The highest BCUT2D eigenvalue weighted by Crippen LogP contribution is 2.13. The maximum Gasteiger partial charge on any atom is 0.260 e. The quantitative estimate of drug-likeness (QED) is 0.722. The van der Waals surface area contributed by atoms with Gasteiger partial charge in [0, 0.05) is 6.08 Å². The molecule has 2 aromatic carbocycles. The maximum atomic E-state index is 12.1. The number of carbonyl (C=O) groups excluding carboxylic acids is 2. The van der Waals surface area contributed by atoms with Gasteiger partial charge >= 0.3 is 0 Å². The van der Waals surface area contributed by atoms with Crippen LogP contribution in [0.25, 0.3) is 17.1 Å². The van der Waals surface area contributed by atoms with E-state index in [0.717, 1.165) is 5.56 Å². The van der Waals surface area contributed by atoms with Crippen LogP contribution in [0, 0.1) is 0 Å². The van der Waals surface area contributed by atoms with Gasteiger partial charge in [0.2, 0.25) is 0 Å². The van der Waals surface area contributed by atoms with Crippen molar-refractivity contribution in [2.24, 2.45) is 0 Å². The van der Waals surface area contributed by atoms with E-state index in [1.807, 2.05) is 30.3 Å². The summed E-state index contributed by atoms with van der Waals surface area (Å²) >= 11 is 0. The van der Waals surface area contributed by atoms with Gasteiger partial charge in [-0.05, 0) is 23.8 Å². The van der Waals surface area contributed by atoms with Crippen LogP contribution >= 0.6 is 0 Å². The van der Waals surface area contributed by atoms with E-state index in [9.17, 15) is 9.59 Å². The lowest BCUT2D eigenvalue weighted by atomic mass is 10.1. The molecule has 3 aromatic rings. The number of fused-ring (bicyclic) bond motifs is 1. The van der Waals surface area contributed by atoms with Crippen LogP contribution in [0.3, 0.4) is 0 Å². The molecule has 2 N–H and O–H groups in total. The number of H-pyrrole nitrogens is 1. The number of nitrogens with one attached hydrogen (secondary N) is 2. The summed E-state index contributed by atoms with van der Waals surface area (Å²) in [5.74, 6) is -1.00. The first-order valence-electron chi connectivity index (χ1n) is 6.62. The Hall–Kier alpha value is -3.28. The van der Waals surface area contributed by atoms with Gasteiger partial charge < -0.3 is 0 Å². The molecule has 2 amide bonds. The summed E-state index contributed by atoms with van der Waals surface area (Å²) in [6.45, 7) is 0. The zero-order chi connectivity index (χ0) is 15.4. The van der Waals surface area contributed by atoms with Gasteiger partial charge in [0.25, 0.3) is 11.8 Å². The molecule has 0 unspecified atom stereocenters. The topological polar surface area (TPSA) is 87.7 Å². The molecule has 0 radical (unpaired) electrons. The molecular weight excluding hydrogens is 280 g/mol. The van der Waals surface area contributed by atoms with Crippen molar-refractivity contribution in [3.05, 3.63) is 65.7 Å². The van der Waals surface area contributed by atoms with Crippen LogP contribution in [0.4, 0.5) is 0 Å². The molecule has 1 aromatic heterocycles. The number of rotatable bonds is 3. The summed E-state index contributed by atoms with van der Waals surface area (Å²) in [4.78, 5) is 23.9. The zero-order valence-electron chi connectivity index (χ0n) is 11.5. The molecule has 0 aliphatic carbocycles. The first-order chi connectivity index (χ1) is 10.7. The minimum Gasteiger partial charge on any atom is -0.289 e. The van der Waals surface area contributed by atoms with Gasteiger partial charge in [-0.2, -0.15) is 15.4 Å². The standard InChI is InChI=1S/C16H12N4O2/c21-14(10-9-11-5-2-1-3-6-11)17-16(22)12-7-4-8-13-15(12)19-20-18-13/h1-10H,(H,17,21,22)(H,18,19,20). The Balaban J connectivity index is 1.73. The fourth-order valence-corrected chi connectivity index (χ4v) is 2.01. The van der Waals surface area contributed by atoms with Crippen molar-refractivity contribution in [1.82, 2.24) is 20.7 Å². The highest BCUT2D eigenvalue weighted by molar-refractivity contribution is 6.13. The monoisotopic (exact) mass is 292 g/mol. The summed E-state index contributed by atoms with van der Waals surface area (Å²) in [6, 6.07) is 14.4. The molecule has 0 aliphatic rings. The summed E-state index contributed by atoms with van der Waals surface area (Å²) in [5.41, 5.74) is 2.18. The number of nitrogens with zero attached hydrogens (tertiary/aromatic N) is 2. The fourth-order valence-electron chi connectivity index (χ4n) is 2.01. The van der Waals surface area contributed by atoms with Crippen molar-refractivity contribution < 1.29 is 9.59 Å². The SMILES string of the molecule is O=C(C=Cc1ccccc1)NC(=O)c1cccc2n[nH]nc12. The van der Waals surface area contributed by atoms with Crippen LogP contribution in [0.5, 0.6) is 0 Å². The molecule has 0 aliphatic heterocycles. The third-order valence-electron chi connectivity index (χ3n) is 3.06. The van der Waals surface area contributed by atoms with E-state index >= 15 is 0 Å². The van der Waals surface area contributed by atoms with Crippen LogP contribution in [-0.2, 0) is 4.79 Å².